The van der Waals surface area contributed by atoms with Gasteiger partial charge in [-0.05, 0) is 13.8 Å². The third-order valence-electron chi connectivity index (χ3n) is 2.95. The lowest BCUT2D eigenvalue weighted by molar-refractivity contribution is -0.763. The molecular weight excluding hydrogens is 265 g/mol. The largest absolute Gasteiger partial charge is 1.00 e. The standard InChI is InChI=1S/C10H15N3O2.2ClH/c1-10(2)8-6(11-5-12-8)4-7(13-10)9(14)15-3;;/h5,7,13H,4H2,1-3H3,(H,11,12);2*1H. The molecule has 1 unspecified atom stereocenters. The summed E-state index contributed by atoms with van der Waals surface area (Å²) in [6.07, 6.45) is 2.49. The zero-order valence-corrected chi connectivity index (χ0v) is 11.5. The number of hydrogen-bond acceptors (Lipinski definition) is 2. The van der Waals surface area contributed by atoms with E-state index in [1.165, 1.54) is 7.11 Å². The van der Waals surface area contributed by atoms with E-state index in [0.29, 0.717) is 6.42 Å². The van der Waals surface area contributed by atoms with Gasteiger partial charge in [0.05, 0.1) is 13.5 Å². The van der Waals surface area contributed by atoms with Gasteiger partial charge in [0, 0.05) is 0 Å². The second kappa shape index (κ2) is 5.71. The average Bonchev–Trinajstić information content (AvgIpc) is 2.64. The molecule has 1 aromatic heterocycles. The first-order valence-corrected chi connectivity index (χ1v) is 5.07. The molecule has 0 bridgehead atoms. The van der Waals surface area contributed by atoms with Crippen LogP contribution in [0.15, 0.2) is 6.33 Å². The van der Waals surface area contributed by atoms with E-state index < -0.39 is 0 Å². The predicted octanol–water partition coefficient (Wildman–Crippen LogP) is -7.27. The van der Waals surface area contributed by atoms with Crippen molar-refractivity contribution in [1.29, 1.82) is 0 Å². The highest BCUT2D eigenvalue weighted by Crippen LogP contribution is 2.19. The maximum Gasteiger partial charge on any atom is 0.365 e. The highest BCUT2D eigenvalue weighted by atomic mass is 35.5. The summed E-state index contributed by atoms with van der Waals surface area (Å²) in [5.74, 6) is -0.164. The summed E-state index contributed by atoms with van der Waals surface area (Å²) >= 11 is 0. The molecule has 0 saturated heterocycles. The van der Waals surface area contributed by atoms with E-state index in [1.54, 1.807) is 6.33 Å². The van der Waals surface area contributed by atoms with Gasteiger partial charge in [0.15, 0.2) is 17.3 Å². The monoisotopic (exact) mass is 281 g/mol. The summed E-state index contributed by atoms with van der Waals surface area (Å²) in [6.45, 7) is 4.18. The first-order chi connectivity index (χ1) is 7.04. The lowest BCUT2D eigenvalue weighted by Gasteiger charge is -2.28. The quantitative estimate of drug-likeness (QED) is 0.502. The van der Waals surface area contributed by atoms with E-state index in [1.807, 2.05) is 5.32 Å². The van der Waals surface area contributed by atoms with E-state index in [9.17, 15) is 4.79 Å². The number of quaternary nitrogens is 1. The number of H-pyrrole nitrogens is 2. The van der Waals surface area contributed by atoms with Gasteiger partial charge in [0.2, 0.25) is 12.0 Å². The highest BCUT2D eigenvalue weighted by molar-refractivity contribution is 5.74. The second-order valence-electron chi connectivity index (χ2n) is 4.51. The summed E-state index contributed by atoms with van der Waals surface area (Å²) in [5.41, 5.74) is 2.13. The minimum Gasteiger partial charge on any atom is -1.00 e. The first-order valence-electron chi connectivity index (χ1n) is 5.07. The molecule has 0 amide bonds. The first kappa shape index (κ1) is 16.2. The third kappa shape index (κ3) is 2.91. The summed E-state index contributed by atoms with van der Waals surface area (Å²) in [4.78, 5) is 17.8. The number of nitrogens with one attached hydrogen (secondary N) is 2. The third-order valence-corrected chi connectivity index (χ3v) is 2.95. The van der Waals surface area contributed by atoms with Crippen molar-refractivity contribution in [1.82, 2.24) is 4.98 Å². The van der Waals surface area contributed by atoms with Gasteiger partial charge < -0.3 is 34.9 Å². The van der Waals surface area contributed by atoms with Crippen LogP contribution in [-0.4, -0.2) is 24.1 Å². The normalized spacial score (nSPS) is 20.5. The van der Waals surface area contributed by atoms with Crippen molar-refractivity contribution >= 4 is 5.97 Å². The molecule has 7 heteroatoms. The fourth-order valence-corrected chi connectivity index (χ4v) is 2.26. The second-order valence-corrected chi connectivity index (χ2v) is 4.51. The van der Waals surface area contributed by atoms with Gasteiger partial charge >= 0.3 is 5.97 Å². The van der Waals surface area contributed by atoms with Crippen molar-refractivity contribution in [3.63, 3.8) is 0 Å². The van der Waals surface area contributed by atoms with E-state index in [4.69, 9.17) is 4.74 Å². The van der Waals surface area contributed by atoms with E-state index in [0.717, 1.165) is 11.4 Å². The summed E-state index contributed by atoms with van der Waals surface area (Å²) in [6, 6.07) is -0.149. The van der Waals surface area contributed by atoms with Crippen LogP contribution in [-0.2, 0) is 21.5 Å². The van der Waals surface area contributed by atoms with Crippen molar-refractivity contribution in [3.8, 4) is 0 Å². The number of methoxy groups -OCH3 is 1. The Morgan fingerprint density at radius 2 is 2.24 bits per heavy atom. The van der Waals surface area contributed by atoms with Gasteiger partial charge in [-0.3, -0.25) is 0 Å². The summed E-state index contributed by atoms with van der Waals surface area (Å²) < 4.78 is 4.78. The molecule has 5 nitrogen and oxygen atoms in total. The number of esters is 1. The average molecular weight is 282 g/mol. The Bertz CT molecular complexity index is 393. The Balaban J connectivity index is 0.00000128. The number of halogens is 2. The van der Waals surface area contributed by atoms with Crippen LogP contribution in [0.1, 0.15) is 25.2 Å². The van der Waals surface area contributed by atoms with Crippen LogP contribution in [0.2, 0.25) is 0 Å². The maximum absolute atomic E-state index is 11.5. The summed E-state index contributed by atoms with van der Waals surface area (Å²) in [5, 5.41) is 2.05. The van der Waals surface area contributed by atoms with Crippen molar-refractivity contribution in [2.24, 2.45) is 0 Å². The molecule has 98 valence electrons. The highest BCUT2D eigenvalue weighted by Gasteiger charge is 2.44. The van der Waals surface area contributed by atoms with Gasteiger partial charge in [0.1, 0.15) is 0 Å². The van der Waals surface area contributed by atoms with Crippen LogP contribution in [0, 0.1) is 0 Å². The number of imidazole rings is 1. The Morgan fingerprint density at radius 3 is 2.82 bits per heavy atom. The number of fused-ring (bicyclic) bond motifs is 1. The number of hydrogen-bond donors (Lipinski definition) is 2. The number of carbonyl (C=O) groups is 1. The smallest absolute Gasteiger partial charge is 0.365 e. The maximum atomic E-state index is 11.5. The molecule has 1 aromatic rings. The van der Waals surface area contributed by atoms with Crippen molar-refractivity contribution in [2.45, 2.75) is 31.8 Å². The Morgan fingerprint density at radius 1 is 1.59 bits per heavy atom. The van der Waals surface area contributed by atoms with Crippen LogP contribution in [0.3, 0.4) is 0 Å². The number of rotatable bonds is 1. The number of aromatic nitrogens is 2. The van der Waals surface area contributed by atoms with E-state index >= 15 is 0 Å². The fourth-order valence-electron chi connectivity index (χ4n) is 2.26. The van der Waals surface area contributed by atoms with E-state index in [-0.39, 0.29) is 42.4 Å². The zero-order valence-electron chi connectivity index (χ0n) is 10.0. The van der Waals surface area contributed by atoms with Crippen molar-refractivity contribution in [3.05, 3.63) is 17.7 Å². The molecule has 0 saturated carbocycles. The van der Waals surface area contributed by atoms with Crippen LogP contribution in [0.5, 0.6) is 0 Å². The van der Waals surface area contributed by atoms with Crippen LogP contribution in [0.25, 0.3) is 0 Å². The topological polar surface area (TPSA) is 72.8 Å². The summed E-state index contributed by atoms with van der Waals surface area (Å²) in [7, 11) is 1.43. The molecule has 4 N–H and O–H groups in total. The Labute approximate surface area is 113 Å². The molecule has 1 aliphatic heterocycles. The molecular formula is C10H17Cl2N3O2. The van der Waals surface area contributed by atoms with Gasteiger partial charge in [-0.15, -0.1) is 0 Å². The van der Waals surface area contributed by atoms with Gasteiger partial charge in [-0.25, -0.2) is 14.8 Å². The molecule has 2 heterocycles. The lowest BCUT2D eigenvalue weighted by atomic mass is 9.90. The van der Waals surface area contributed by atoms with Crippen LogP contribution >= 0.6 is 0 Å². The predicted molar refractivity (Wildman–Crippen MR) is 51.8 cm³/mol. The molecule has 0 spiro atoms. The van der Waals surface area contributed by atoms with E-state index in [2.05, 4.69) is 23.8 Å². The number of ether oxygens (including phenoxy) is 1. The Hall–Kier alpha value is -0.780. The number of aromatic amines is 2. The lowest BCUT2D eigenvalue weighted by Crippen LogP contribution is -3.01. The van der Waals surface area contributed by atoms with Gasteiger partial charge in [-0.1, -0.05) is 0 Å². The molecule has 0 aliphatic carbocycles. The fraction of sp³-hybridized carbons (Fsp3) is 0.600. The molecule has 0 aromatic carbocycles. The molecule has 2 rings (SSSR count). The van der Waals surface area contributed by atoms with Crippen molar-refractivity contribution in [2.75, 3.05) is 7.11 Å². The molecule has 1 aliphatic rings. The SMILES string of the molecule is COC(=O)C1Cc2[nH]c[nH+]c2C(C)(C)[NH2+]1.[Cl-].[Cl-]. The van der Waals surface area contributed by atoms with Crippen molar-refractivity contribution < 1.29 is 44.6 Å². The number of nitrogens with two attached hydrogens (primary N) is 1. The van der Waals surface area contributed by atoms with Crippen LogP contribution < -0.4 is 35.1 Å². The molecule has 17 heavy (non-hydrogen) atoms. The molecule has 0 fully saturated rings. The van der Waals surface area contributed by atoms with Crippen LogP contribution in [0.4, 0.5) is 0 Å². The van der Waals surface area contributed by atoms with Gasteiger partial charge in [-0.2, -0.15) is 0 Å². The zero-order chi connectivity index (χ0) is 11.1. The molecule has 1 atom stereocenters. The Kier molecular flexibility index (Phi) is 5.45. The molecule has 0 radical (unpaired) electrons. The minimum absolute atomic E-state index is 0. The van der Waals surface area contributed by atoms with Gasteiger partial charge in [0.25, 0.3) is 0 Å². The minimum atomic E-state index is -0.164. The number of carbonyl (C=O) groups excluding carboxylic acids is 1.